The molecule has 1 aliphatic heterocycles. The van der Waals surface area contributed by atoms with Crippen LogP contribution in [0.15, 0.2) is 23.2 Å². The Bertz CT molecular complexity index is 621. The zero-order valence-electron chi connectivity index (χ0n) is 10.6. The van der Waals surface area contributed by atoms with E-state index in [1.807, 2.05) is 0 Å². The summed E-state index contributed by atoms with van der Waals surface area (Å²) >= 11 is 5.79. The molecule has 0 aromatic carbocycles. The lowest BCUT2D eigenvalue weighted by Crippen LogP contribution is -2.41. The van der Waals surface area contributed by atoms with Crippen molar-refractivity contribution in [3.8, 4) is 0 Å². The third kappa shape index (κ3) is 2.64. The molecule has 2 atom stereocenters. The van der Waals surface area contributed by atoms with Crippen molar-refractivity contribution in [1.82, 2.24) is 9.29 Å². The summed E-state index contributed by atoms with van der Waals surface area (Å²) in [7, 11) is -2.87. The number of methoxy groups -OCH3 is 1. The van der Waals surface area contributed by atoms with Crippen LogP contribution in [0.4, 0.5) is 0 Å². The fourth-order valence-electron chi connectivity index (χ4n) is 2.09. The highest BCUT2D eigenvalue weighted by Crippen LogP contribution is 2.29. The molecule has 2 rings (SSSR count). The lowest BCUT2D eigenvalue weighted by Gasteiger charge is -2.21. The minimum atomic E-state index is -4.03. The zero-order chi connectivity index (χ0) is 14.9. The van der Waals surface area contributed by atoms with Crippen LogP contribution in [0.25, 0.3) is 0 Å². The normalized spacial score (nSPS) is 23.8. The van der Waals surface area contributed by atoms with E-state index in [2.05, 4.69) is 9.72 Å². The van der Waals surface area contributed by atoms with Gasteiger partial charge < -0.3 is 9.84 Å². The second-order valence-corrected chi connectivity index (χ2v) is 6.51. The fourth-order valence-corrected chi connectivity index (χ4v) is 4.15. The molecule has 9 heteroatoms. The predicted octanol–water partition coefficient (Wildman–Crippen LogP) is 0.0319. The van der Waals surface area contributed by atoms with E-state index in [0.29, 0.717) is 0 Å². The van der Waals surface area contributed by atoms with Crippen molar-refractivity contribution in [3.05, 3.63) is 23.5 Å². The summed E-state index contributed by atoms with van der Waals surface area (Å²) in [6.07, 6.45) is 0.422. The Morgan fingerprint density at radius 1 is 1.60 bits per heavy atom. The standard InChI is InChI=1S/C11H13ClN2O5S/c1-19-11(16)8-5-7(15)6-14(8)20(17,18)9-3-2-4-13-10(9)12/h2-4,7-8,15H,5-6H2,1H3. The first-order chi connectivity index (χ1) is 9.37. The number of esters is 1. The van der Waals surface area contributed by atoms with Gasteiger partial charge in [0, 0.05) is 19.2 Å². The quantitative estimate of drug-likeness (QED) is 0.623. The van der Waals surface area contributed by atoms with Gasteiger partial charge in [-0.2, -0.15) is 4.31 Å². The number of carbonyl (C=O) groups excluding carboxylic acids is 1. The molecule has 2 unspecified atom stereocenters. The SMILES string of the molecule is COC(=O)C1CC(O)CN1S(=O)(=O)c1cccnc1Cl. The number of nitrogens with zero attached hydrogens (tertiary/aromatic N) is 2. The number of rotatable bonds is 3. The largest absolute Gasteiger partial charge is 0.468 e. The van der Waals surface area contributed by atoms with Gasteiger partial charge in [0.25, 0.3) is 0 Å². The van der Waals surface area contributed by atoms with Crippen molar-refractivity contribution >= 4 is 27.6 Å². The van der Waals surface area contributed by atoms with Crippen LogP contribution in [0.3, 0.4) is 0 Å². The third-order valence-corrected chi connectivity index (χ3v) is 5.34. The first-order valence-corrected chi connectivity index (χ1v) is 7.58. The summed E-state index contributed by atoms with van der Waals surface area (Å²) in [5.74, 6) is -0.717. The number of carbonyl (C=O) groups is 1. The summed E-state index contributed by atoms with van der Waals surface area (Å²) in [4.78, 5) is 15.1. The van der Waals surface area contributed by atoms with Crippen LogP contribution in [0, 0.1) is 0 Å². The lowest BCUT2D eigenvalue weighted by atomic mass is 10.2. The van der Waals surface area contributed by atoms with Crippen LogP contribution < -0.4 is 0 Å². The molecular weight excluding hydrogens is 308 g/mol. The maximum absolute atomic E-state index is 12.5. The number of hydrogen-bond acceptors (Lipinski definition) is 6. The maximum atomic E-state index is 12.5. The van der Waals surface area contributed by atoms with Gasteiger partial charge in [-0.05, 0) is 12.1 Å². The predicted molar refractivity (Wildman–Crippen MR) is 69.6 cm³/mol. The molecule has 0 bridgehead atoms. The van der Waals surface area contributed by atoms with Crippen LogP contribution in [0.1, 0.15) is 6.42 Å². The van der Waals surface area contributed by atoms with E-state index in [-0.39, 0.29) is 23.0 Å². The second kappa shape index (κ2) is 5.65. The smallest absolute Gasteiger partial charge is 0.324 e. The monoisotopic (exact) mass is 320 g/mol. The van der Waals surface area contributed by atoms with Gasteiger partial charge in [0.15, 0.2) is 0 Å². The fraction of sp³-hybridized carbons (Fsp3) is 0.455. The van der Waals surface area contributed by atoms with Crippen LogP contribution in [0.2, 0.25) is 5.15 Å². The molecule has 1 aromatic rings. The Hall–Kier alpha value is -1.22. The minimum absolute atomic E-state index is 0.0101. The number of pyridine rings is 1. The average Bonchev–Trinajstić information content (AvgIpc) is 2.81. The number of sulfonamides is 1. The van der Waals surface area contributed by atoms with E-state index in [0.717, 1.165) is 11.4 Å². The molecule has 0 radical (unpaired) electrons. The zero-order valence-corrected chi connectivity index (χ0v) is 12.1. The van der Waals surface area contributed by atoms with Gasteiger partial charge in [-0.3, -0.25) is 4.79 Å². The number of aliphatic hydroxyl groups is 1. The van der Waals surface area contributed by atoms with E-state index in [9.17, 15) is 18.3 Å². The van der Waals surface area contributed by atoms with Crippen molar-refractivity contribution < 1.29 is 23.1 Å². The van der Waals surface area contributed by atoms with E-state index < -0.39 is 28.1 Å². The number of ether oxygens (including phenoxy) is 1. The van der Waals surface area contributed by atoms with Crippen LogP contribution in [-0.4, -0.2) is 54.6 Å². The molecule has 0 amide bonds. The van der Waals surface area contributed by atoms with Crippen molar-refractivity contribution in [3.63, 3.8) is 0 Å². The Kier molecular flexibility index (Phi) is 4.28. The van der Waals surface area contributed by atoms with Gasteiger partial charge in [0.1, 0.15) is 16.1 Å². The second-order valence-electron chi connectivity index (χ2n) is 4.30. The third-order valence-electron chi connectivity index (χ3n) is 3.02. The highest BCUT2D eigenvalue weighted by atomic mass is 35.5. The molecule has 20 heavy (non-hydrogen) atoms. The Morgan fingerprint density at radius 3 is 2.90 bits per heavy atom. The van der Waals surface area contributed by atoms with Crippen LogP contribution in [0.5, 0.6) is 0 Å². The number of aromatic nitrogens is 1. The molecule has 0 aliphatic carbocycles. The van der Waals surface area contributed by atoms with Gasteiger partial charge in [0.2, 0.25) is 10.0 Å². The van der Waals surface area contributed by atoms with Gasteiger partial charge in [-0.1, -0.05) is 11.6 Å². The number of hydrogen-bond donors (Lipinski definition) is 1. The minimum Gasteiger partial charge on any atom is -0.468 e. The van der Waals surface area contributed by atoms with Crippen molar-refractivity contribution in [1.29, 1.82) is 0 Å². The van der Waals surface area contributed by atoms with Crippen LogP contribution >= 0.6 is 11.6 Å². The topological polar surface area (TPSA) is 96.8 Å². The average molecular weight is 321 g/mol. The van der Waals surface area contributed by atoms with Gasteiger partial charge in [-0.25, -0.2) is 13.4 Å². The molecule has 1 aromatic heterocycles. The molecule has 1 N–H and O–H groups in total. The molecule has 0 spiro atoms. The van der Waals surface area contributed by atoms with E-state index in [1.165, 1.54) is 18.3 Å². The highest BCUT2D eigenvalue weighted by Gasteiger charge is 2.44. The Labute approximate surface area is 121 Å². The Balaban J connectivity index is 2.43. The molecule has 0 saturated carbocycles. The molecule has 1 fully saturated rings. The summed E-state index contributed by atoms with van der Waals surface area (Å²) < 4.78 is 30.5. The van der Waals surface area contributed by atoms with Crippen molar-refractivity contribution in [2.24, 2.45) is 0 Å². The first-order valence-electron chi connectivity index (χ1n) is 5.76. The number of β-amino-alcohol motifs (C(OH)–C–C–N with tert-alkyl or cyclic N) is 1. The number of aliphatic hydroxyl groups excluding tert-OH is 1. The highest BCUT2D eigenvalue weighted by molar-refractivity contribution is 7.89. The van der Waals surface area contributed by atoms with Crippen molar-refractivity contribution in [2.75, 3.05) is 13.7 Å². The molecule has 1 aliphatic rings. The van der Waals surface area contributed by atoms with Gasteiger partial charge >= 0.3 is 5.97 Å². The summed E-state index contributed by atoms with van der Waals surface area (Å²) in [6, 6.07) is 1.67. The van der Waals surface area contributed by atoms with E-state index in [1.54, 1.807) is 0 Å². The van der Waals surface area contributed by atoms with E-state index >= 15 is 0 Å². The number of halogens is 1. The summed E-state index contributed by atoms with van der Waals surface area (Å²) in [6.45, 7) is -0.187. The Morgan fingerprint density at radius 2 is 2.30 bits per heavy atom. The van der Waals surface area contributed by atoms with E-state index in [4.69, 9.17) is 11.6 Å². The summed E-state index contributed by atoms with van der Waals surface area (Å²) in [5.41, 5.74) is 0. The first kappa shape index (κ1) is 15.2. The molecule has 110 valence electrons. The molecule has 7 nitrogen and oxygen atoms in total. The lowest BCUT2D eigenvalue weighted by molar-refractivity contribution is -0.144. The molecule has 1 saturated heterocycles. The van der Waals surface area contributed by atoms with Gasteiger partial charge in [0.05, 0.1) is 13.2 Å². The van der Waals surface area contributed by atoms with Gasteiger partial charge in [-0.15, -0.1) is 0 Å². The maximum Gasteiger partial charge on any atom is 0.324 e. The molecular formula is C11H13ClN2O5S. The molecule has 2 heterocycles. The summed E-state index contributed by atoms with van der Waals surface area (Å²) in [5, 5.41) is 9.45. The van der Waals surface area contributed by atoms with Crippen LogP contribution in [-0.2, 0) is 19.6 Å². The van der Waals surface area contributed by atoms with Crippen molar-refractivity contribution in [2.45, 2.75) is 23.5 Å².